The third-order valence-electron chi connectivity index (χ3n) is 5.99. The molecule has 2 heterocycles. The molecule has 0 atom stereocenters. The molecule has 0 aliphatic carbocycles. The minimum Gasteiger partial charge on any atom is -0.457 e. The van der Waals surface area contributed by atoms with E-state index in [4.69, 9.17) is 22.3 Å². The van der Waals surface area contributed by atoms with Crippen molar-refractivity contribution < 1.29 is 9.53 Å². The standard InChI is InChI=1S/C26H26N6O2/c1-3-22(33)32-15-13-19(14-16-32)31(2)26-23(25(28)29-17-30-26)24(27)18-9-11-21(12-10-18)34-20-7-5-4-6-8-20/h1,4-12,17,19,27H,13-16H2,2H3,(H2,28,29,30). The van der Waals surface area contributed by atoms with Crippen LogP contribution >= 0.6 is 0 Å². The highest BCUT2D eigenvalue weighted by Gasteiger charge is 2.28. The first kappa shape index (κ1) is 22.8. The Bertz CT molecular complexity index is 1210. The molecule has 172 valence electrons. The molecule has 0 radical (unpaired) electrons. The second kappa shape index (κ2) is 10.0. The zero-order valence-corrected chi connectivity index (χ0v) is 18.9. The lowest BCUT2D eigenvalue weighted by Gasteiger charge is -2.37. The van der Waals surface area contributed by atoms with Crippen LogP contribution in [-0.2, 0) is 4.79 Å². The van der Waals surface area contributed by atoms with Gasteiger partial charge < -0.3 is 20.3 Å². The predicted molar refractivity (Wildman–Crippen MR) is 132 cm³/mol. The van der Waals surface area contributed by atoms with Crippen LogP contribution < -0.4 is 15.4 Å². The highest BCUT2D eigenvalue weighted by Crippen LogP contribution is 2.29. The van der Waals surface area contributed by atoms with Crippen molar-refractivity contribution in [2.24, 2.45) is 0 Å². The van der Waals surface area contributed by atoms with E-state index >= 15 is 0 Å². The van der Waals surface area contributed by atoms with Gasteiger partial charge in [-0.3, -0.25) is 10.2 Å². The molecule has 8 nitrogen and oxygen atoms in total. The third kappa shape index (κ3) is 4.84. The molecular formula is C26H26N6O2. The molecule has 1 fully saturated rings. The first-order valence-electron chi connectivity index (χ1n) is 11.0. The van der Waals surface area contributed by atoms with Crippen LogP contribution in [0.3, 0.4) is 0 Å². The van der Waals surface area contributed by atoms with E-state index in [0.717, 1.165) is 18.6 Å². The van der Waals surface area contributed by atoms with Gasteiger partial charge in [0.1, 0.15) is 29.5 Å². The number of ether oxygens (including phenoxy) is 1. The maximum Gasteiger partial charge on any atom is 0.298 e. The molecule has 1 aliphatic rings. The van der Waals surface area contributed by atoms with E-state index < -0.39 is 0 Å². The summed E-state index contributed by atoms with van der Waals surface area (Å²) >= 11 is 0. The number of anilines is 2. The summed E-state index contributed by atoms with van der Waals surface area (Å²) in [7, 11) is 1.93. The Hall–Kier alpha value is -4.38. The number of hydrogen-bond donors (Lipinski definition) is 2. The van der Waals surface area contributed by atoms with Crippen molar-refractivity contribution in [3.63, 3.8) is 0 Å². The lowest BCUT2D eigenvalue weighted by molar-refractivity contribution is -0.126. The monoisotopic (exact) mass is 454 g/mol. The second-order valence-corrected chi connectivity index (χ2v) is 8.05. The van der Waals surface area contributed by atoms with Crippen LogP contribution in [0.4, 0.5) is 11.6 Å². The number of nitrogen functional groups attached to an aromatic ring is 1. The van der Waals surface area contributed by atoms with Crippen LogP contribution in [0.2, 0.25) is 0 Å². The Morgan fingerprint density at radius 2 is 1.76 bits per heavy atom. The summed E-state index contributed by atoms with van der Waals surface area (Å²) in [4.78, 5) is 24.1. The molecular weight excluding hydrogens is 428 g/mol. The van der Waals surface area contributed by atoms with Crippen LogP contribution in [0.1, 0.15) is 24.0 Å². The average molecular weight is 455 g/mol. The minimum atomic E-state index is -0.283. The molecule has 1 amide bonds. The quantitative estimate of drug-likeness (QED) is 0.437. The number of rotatable bonds is 6. The van der Waals surface area contributed by atoms with Gasteiger partial charge in [0.05, 0.1) is 11.3 Å². The number of aromatic nitrogens is 2. The Kier molecular flexibility index (Phi) is 6.74. The van der Waals surface area contributed by atoms with Crippen LogP contribution in [0.25, 0.3) is 0 Å². The number of nitrogens with zero attached hydrogens (tertiary/aromatic N) is 4. The van der Waals surface area contributed by atoms with Crippen molar-refractivity contribution >= 4 is 23.3 Å². The number of hydrogen-bond acceptors (Lipinski definition) is 7. The van der Waals surface area contributed by atoms with Gasteiger partial charge in [0.15, 0.2) is 0 Å². The van der Waals surface area contributed by atoms with E-state index in [-0.39, 0.29) is 23.5 Å². The second-order valence-electron chi connectivity index (χ2n) is 8.05. The highest BCUT2D eigenvalue weighted by molar-refractivity contribution is 6.16. The number of nitrogens with two attached hydrogens (primary N) is 1. The van der Waals surface area contributed by atoms with E-state index in [9.17, 15) is 4.79 Å². The molecule has 1 saturated heterocycles. The summed E-state index contributed by atoms with van der Waals surface area (Å²) in [6.07, 6.45) is 8.14. The van der Waals surface area contributed by atoms with E-state index in [1.54, 1.807) is 4.90 Å². The number of likely N-dealkylation sites (tertiary alicyclic amines) is 1. The molecule has 2 aromatic carbocycles. The van der Waals surface area contributed by atoms with Crippen molar-refractivity contribution in [1.29, 1.82) is 5.41 Å². The van der Waals surface area contributed by atoms with E-state index in [2.05, 4.69) is 15.9 Å². The fourth-order valence-corrected chi connectivity index (χ4v) is 4.08. The van der Waals surface area contributed by atoms with Crippen LogP contribution in [-0.4, -0.2) is 52.7 Å². The number of amides is 1. The first-order valence-corrected chi connectivity index (χ1v) is 11.0. The van der Waals surface area contributed by atoms with Gasteiger partial charge in [-0.25, -0.2) is 9.97 Å². The zero-order valence-electron chi connectivity index (χ0n) is 18.9. The summed E-state index contributed by atoms with van der Waals surface area (Å²) in [5.41, 5.74) is 7.60. The van der Waals surface area contributed by atoms with Gasteiger partial charge in [-0.1, -0.05) is 18.2 Å². The Labute approximate surface area is 198 Å². The number of nitrogens with one attached hydrogen (secondary N) is 1. The smallest absolute Gasteiger partial charge is 0.298 e. The van der Waals surface area contributed by atoms with Crippen molar-refractivity contribution in [3.8, 4) is 23.8 Å². The molecule has 3 aromatic rings. The molecule has 4 rings (SSSR count). The highest BCUT2D eigenvalue weighted by atomic mass is 16.5. The lowest BCUT2D eigenvalue weighted by Crippen LogP contribution is -2.46. The van der Waals surface area contributed by atoms with Gasteiger partial charge >= 0.3 is 0 Å². The number of piperidine rings is 1. The molecule has 8 heteroatoms. The largest absolute Gasteiger partial charge is 0.457 e. The molecule has 1 aromatic heterocycles. The number of terminal acetylenes is 1. The molecule has 1 aliphatic heterocycles. The number of carbonyl (C=O) groups excluding carboxylic acids is 1. The van der Waals surface area contributed by atoms with Gasteiger partial charge in [0.25, 0.3) is 5.91 Å². The summed E-state index contributed by atoms with van der Waals surface area (Å²) in [6, 6.07) is 16.9. The molecule has 0 unspecified atom stereocenters. The van der Waals surface area contributed by atoms with Crippen molar-refractivity contribution in [2.75, 3.05) is 30.8 Å². The predicted octanol–water partition coefficient (Wildman–Crippen LogP) is 3.33. The van der Waals surface area contributed by atoms with Crippen molar-refractivity contribution in [2.45, 2.75) is 18.9 Å². The van der Waals surface area contributed by atoms with Gasteiger partial charge in [-0.15, -0.1) is 6.42 Å². The fourth-order valence-electron chi connectivity index (χ4n) is 4.08. The maximum absolute atomic E-state index is 11.8. The van der Waals surface area contributed by atoms with Crippen LogP contribution in [0.15, 0.2) is 60.9 Å². The van der Waals surface area contributed by atoms with Crippen molar-refractivity contribution in [3.05, 3.63) is 72.1 Å². The van der Waals surface area contributed by atoms with Crippen LogP contribution in [0, 0.1) is 17.8 Å². The Morgan fingerprint density at radius 3 is 2.41 bits per heavy atom. The topological polar surface area (TPSA) is 108 Å². The summed E-state index contributed by atoms with van der Waals surface area (Å²) in [5.74, 6) is 4.14. The number of para-hydroxylation sites is 1. The summed E-state index contributed by atoms with van der Waals surface area (Å²) in [5, 5.41) is 8.86. The molecule has 0 saturated carbocycles. The Morgan fingerprint density at radius 1 is 1.12 bits per heavy atom. The first-order chi connectivity index (χ1) is 16.5. The molecule has 0 spiro atoms. The SMILES string of the molecule is C#CC(=O)N1CCC(N(C)c2ncnc(N)c2C(=N)c2ccc(Oc3ccccc3)cc2)CC1. The normalized spacial score (nSPS) is 13.7. The Balaban J connectivity index is 1.53. The van der Waals surface area contributed by atoms with Gasteiger partial charge in [0, 0.05) is 31.7 Å². The minimum absolute atomic E-state index is 0.129. The lowest BCUT2D eigenvalue weighted by atomic mass is 10.00. The zero-order chi connectivity index (χ0) is 24.1. The molecule has 34 heavy (non-hydrogen) atoms. The number of carbonyl (C=O) groups is 1. The summed E-state index contributed by atoms with van der Waals surface area (Å²) < 4.78 is 5.85. The van der Waals surface area contributed by atoms with Crippen LogP contribution in [0.5, 0.6) is 11.5 Å². The van der Waals surface area contributed by atoms with Gasteiger partial charge in [-0.2, -0.15) is 0 Å². The average Bonchev–Trinajstić information content (AvgIpc) is 2.88. The van der Waals surface area contributed by atoms with Gasteiger partial charge in [0.2, 0.25) is 0 Å². The van der Waals surface area contributed by atoms with E-state index in [0.29, 0.717) is 35.8 Å². The van der Waals surface area contributed by atoms with Crippen molar-refractivity contribution in [1.82, 2.24) is 14.9 Å². The third-order valence-corrected chi connectivity index (χ3v) is 5.99. The maximum atomic E-state index is 11.8. The molecule has 0 bridgehead atoms. The van der Waals surface area contributed by atoms with E-state index in [1.807, 2.05) is 66.5 Å². The number of benzene rings is 2. The van der Waals surface area contributed by atoms with E-state index in [1.165, 1.54) is 6.33 Å². The summed E-state index contributed by atoms with van der Waals surface area (Å²) in [6.45, 7) is 1.16. The molecule has 3 N–H and O–H groups in total. The fraction of sp³-hybridized carbons (Fsp3) is 0.231. The van der Waals surface area contributed by atoms with Gasteiger partial charge in [-0.05, 0) is 55.2 Å².